The lowest BCUT2D eigenvalue weighted by Gasteiger charge is -2.32. The normalized spacial score (nSPS) is 29.7. The molecule has 2 fully saturated rings. The Kier molecular flexibility index (Phi) is 4.30. The zero-order valence-electron chi connectivity index (χ0n) is 12.0. The maximum atomic E-state index is 6.25. The minimum Gasteiger partial charge on any atom is -0.495 e. The Morgan fingerprint density at radius 1 is 1.35 bits per heavy atom. The molecule has 0 amide bonds. The van der Waals surface area contributed by atoms with E-state index in [-0.39, 0.29) is 0 Å². The summed E-state index contributed by atoms with van der Waals surface area (Å²) in [7, 11) is 3.77. The molecular formula is C16H21BrClNO. The second-order valence-electron chi connectivity index (χ2n) is 6.12. The highest BCUT2D eigenvalue weighted by Gasteiger charge is 2.43. The molecule has 1 aromatic rings. The minimum atomic E-state index is 0.329. The van der Waals surface area contributed by atoms with E-state index < -0.39 is 0 Å². The van der Waals surface area contributed by atoms with Gasteiger partial charge in [-0.15, -0.1) is 0 Å². The van der Waals surface area contributed by atoms with E-state index in [1.807, 2.05) is 13.1 Å². The summed E-state index contributed by atoms with van der Waals surface area (Å²) >= 11 is 9.82. The third-order valence-electron chi connectivity index (χ3n) is 5.11. The first-order chi connectivity index (χ1) is 9.63. The van der Waals surface area contributed by atoms with Crippen LogP contribution in [0.1, 0.15) is 37.3 Å². The van der Waals surface area contributed by atoms with Gasteiger partial charge in [-0.05, 0) is 72.1 Å². The molecule has 20 heavy (non-hydrogen) atoms. The summed E-state index contributed by atoms with van der Waals surface area (Å²) in [6, 6.07) is 4.28. The van der Waals surface area contributed by atoms with E-state index in [1.165, 1.54) is 31.2 Å². The van der Waals surface area contributed by atoms with Gasteiger partial charge in [0.25, 0.3) is 0 Å². The van der Waals surface area contributed by atoms with E-state index in [1.54, 1.807) is 7.11 Å². The van der Waals surface area contributed by atoms with Gasteiger partial charge in [0.15, 0.2) is 0 Å². The second-order valence-corrected chi connectivity index (χ2v) is 7.41. The lowest BCUT2D eigenvalue weighted by Crippen LogP contribution is -2.29. The van der Waals surface area contributed by atoms with Crippen LogP contribution in [0.2, 0.25) is 5.02 Å². The van der Waals surface area contributed by atoms with Crippen molar-refractivity contribution in [2.24, 2.45) is 17.8 Å². The van der Waals surface area contributed by atoms with Gasteiger partial charge in [-0.3, -0.25) is 0 Å². The van der Waals surface area contributed by atoms with Crippen LogP contribution >= 0.6 is 27.5 Å². The van der Waals surface area contributed by atoms with E-state index in [0.29, 0.717) is 12.0 Å². The predicted octanol–water partition coefficient (Wildman–Crippen LogP) is 4.81. The lowest BCUT2D eigenvalue weighted by molar-refractivity contribution is 0.254. The number of hydrogen-bond acceptors (Lipinski definition) is 2. The first-order valence-corrected chi connectivity index (χ1v) is 8.51. The summed E-state index contributed by atoms with van der Waals surface area (Å²) < 4.78 is 6.54. The number of nitrogens with one attached hydrogen (secondary N) is 1. The molecule has 4 heteroatoms. The standard InChI is InChI=1S/C16H21BrClNO/c1-19-15(12-6-9-3-4-10(12)5-9)13-7-11(18)8-14(17)16(13)20-2/h7-10,12,15,19H,3-6H2,1-2H3. The average Bonchev–Trinajstić information content (AvgIpc) is 3.02. The molecule has 0 saturated heterocycles. The maximum Gasteiger partial charge on any atom is 0.137 e. The molecule has 2 bridgehead atoms. The van der Waals surface area contributed by atoms with E-state index in [0.717, 1.165) is 27.1 Å². The van der Waals surface area contributed by atoms with Crippen molar-refractivity contribution in [1.82, 2.24) is 5.32 Å². The molecule has 3 rings (SSSR count). The molecule has 1 aromatic carbocycles. The topological polar surface area (TPSA) is 21.3 Å². The highest BCUT2D eigenvalue weighted by atomic mass is 79.9. The Morgan fingerprint density at radius 2 is 2.15 bits per heavy atom. The number of fused-ring (bicyclic) bond motifs is 2. The number of hydrogen-bond donors (Lipinski definition) is 1. The third kappa shape index (κ3) is 2.49. The summed E-state index contributed by atoms with van der Waals surface area (Å²) in [5.74, 6) is 3.42. The fraction of sp³-hybridized carbons (Fsp3) is 0.625. The SMILES string of the molecule is CNC(c1cc(Cl)cc(Br)c1OC)C1CC2CCC1C2. The number of halogens is 2. The molecule has 4 atom stereocenters. The maximum absolute atomic E-state index is 6.25. The van der Waals surface area contributed by atoms with Crippen molar-refractivity contribution in [3.63, 3.8) is 0 Å². The van der Waals surface area contributed by atoms with Crippen LogP contribution in [-0.4, -0.2) is 14.2 Å². The average molecular weight is 359 g/mol. The van der Waals surface area contributed by atoms with Crippen molar-refractivity contribution in [2.45, 2.75) is 31.7 Å². The quantitative estimate of drug-likeness (QED) is 0.834. The zero-order valence-corrected chi connectivity index (χ0v) is 14.3. The molecule has 2 nitrogen and oxygen atoms in total. The van der Waals surface area contributed by atoms with Crippen molar-refractivity contribution in [1.29, 1.82) is 0 Å². The van der Waals surface area contributed by atoms with Crippen LogP contribution in [0, 0.1) is 17.8 Å². The highest BCUT2D eigenvalue weighted by Crippen LogP contribution is 2.54. The molecule has 0 radical (unpaired) electrons. The molecule has 0 spiro atoms. The fourth-order valence-electron chi connectivity index (χ4n) is 4.33. The van der Waals surface area contributed by atoms with Crippen molar-refractivity contribution in [3.05, 3.63) is 27.2 Å². The van der Waals surface area contributed by atoms with Gasteiger partial charge in [0.2, 0.25) is 0 Å². The predicted molar refractivity (Wildman–Crippen MR) is 86.4 cm³/mol. The van der Waals surface area contributed by atoms with Gasteiger partial charge >= 0.3 is 0 Å². The summed E-state index contributed by atoms with van der Waals surface area (Å²) in [6.45, 7) is 0. The van der Waals surface area contributed by atoms with E-state index in [2.05, 4.69) is 27.3 Å². The Labute approximate surface area is 134 Å². The molecule has 4 unspecified atom stereocenters. The summed E-state index contributed by atoms with van der Waals surface area (Å²) in [6.07, 6.45) is 5.56. The molecule has 2 aliphatic rings. The van der Waals surface area contributed by atoms with Crippen LogP contribution in [0.5, 0.6) is 5.75 Å². The van der Waals surface area contributed by atoms with Gasteiger partial charge in [0, 0.05) is 16.6 Å². The highest BCUT2D eigenvalue weighted by molar-refractivity contribution is 9.10. The van der Waals surface area contributed by atoms with Crippen LogP contribution in [0.4, 0.5) is 0 Å². The molecule has 0 heterocycles. The summed E-state index contributed by atoms with van der Waals surface area (Å²) in [5.41, 5.74) is 1.19. The van der Waals surface area contributed by atoms with Crippen LogP contribution in [0.15, 0.2) is 16.6 Å². The van der Waals surface area contributed by atoms with Crippen molar-refractivity contribution < 1.29 is 4.74 Å². The van der Waals surface area contributed by atoms with Crippen LogP contribution in [-0.2, 0) is 0 Å². The lowest BCUT2D eigenvalue weighted by atomic mass is 9.80. The summed E-state index contributed by atoms with van der Waals surface area (Å²) in [5, 5.41) is 4.28. The Hall–Kier alpha value is -0.250. The Balaban J connectivity index is 1.97. The number of rotatable bonds is 4. The molecule has 2 saturated carbocycles. The molecule has 0 aromatic heterocycles. The number of ether oxygens (including phenoxy) is 1. The minimum absolute atomic E-state index is 0.329. The van der Waals surface area contributed by atoms with Gasteiger partial charge in [-0.2, -0.15) is 0 Å². The molecule has 0 aliphatic heterocycles. The van der Waals surface area contributed by atoms with Gasteiger partial charge in [0.1, 0.15) is 5.75 Å². The van der Waals surface area contributed by atoms with Crippen LogP contribution in [0.25, 0.3) is 0 Å². The Morgan fingerprint density at radius 3 is 2.70 bits per heavy atom. The largest absolute Gasteiger partial charge is 0.495 e. The van der Waals surface area contributed by atoms with Gasteiger partial charge < -0.3 is 10.1 Å². The van der Waals surface area contributed by atoms with Crippen molar-refractivity contribution in [2.75, 3.05) is 14.2 Å². The van der Waals surface area contributed by atoms with Crippen molar-refractivity contribution >= 4 is 27.5 Å². The van der Waals surface area contributed by atoms with E-state index >= 15 is 0 Å². The zero-order chi connectivity index (χ0) is 14.3. The van der Waals surface area contributed by atoms with E-state index in [4.69, 9.17) is 16.3 Å². The molecule has 2 aliphatic carbocycles. The van der Waals surface area contributed by atoms with Crippen LogP contribution in [0.3, 0.4) is 0 Å². The van der Waals surface area contributed by atoms with Crippen LogP contribution < -0.4 is 10.1 Å². The third-order valence-corrected chi connectivity index (χ3v) is 5.92. The van der Waals surface area contributed by atoms with E-state index in [9.17, 15) is 0 Å². The van der Waals surface area contributed by atoms with Crippen molar-refractivity contribution in [3.8, 4) is 5.75 Å². The van der Waals surface area contributed by atoms with Gasteiger partial charge in [0.05, 0.1) is 11.6 Å². The fourth-order valence-corrected chi connectivity index (χ4v) is 5.32. The van der Waals surface area contributed by atoms with Gasteiger partial charge in [-0.1, -0.05) is 18.0 Å². The molecule has 1 N–H and O–H groups in total. The first kappa shape index (κ1) is 14.7. The molecule has 110 valence electrons. The number of methoxy groups -OCH3 is 1. The second kappa shape index (κ2) is 5.86. The smallest absolute Gasteiger partial charge is 0.137 e. The first-order valence-electron chi connectivity index (χ1n) is 7.34. The molecular weight excluding hydrogens is 338 g/mol. The Bertz CT molecular complexity index is 507. The summed E-state index contributed by atoms with van der Waals surface area (Å²) in [4.78, 5) is 0. The number of benzene rings is 1. The van der Waals surface area contributed by atoms with Gasteiger partial charge in [-0.25, -0.2) is 0 Å². The monoisotopic (exact) mass is 357 g/mol.